The van der Waals surface area contributed by atoms with Crippen molar-refractivity contribution in [3.8, 4) is 5.75 Å². The van der Waals surface area contributed by atoms with Crippen LogP contribution in [0.2, 0.25) is 0 Å². The van der Waals surface area contributed by atoms with E-state index in [1.54, 1.807) is 0 Å². The molecule has 1 nitrogen and oxygen atoms in total. The van der Waals surface area contributed by atoms with Crippen LogP contribution in [0, 0.1) is 17.5 Å². The standard InChI is InChI=1S/C25H22F8O/c1-2-3-4-5-6-7-15-12-20(26)22(21(27)13-15)25(32,33)34-17-9-10-18-16(14-17)8-11-19(23(18)28)24(29,30)31/h8-14H,2-7H2,1H3. The highest BCUT2D eigenvalue weighted by atomic mass is 19.4. The third-order valence-corrected chi connectivity index (χ3v) is 5.44. The lowest BCUT2D eigenvalue weighted by atomic mass is 10.0. The second-order valence-corrected chi connectivity index (χ2v) is 8.03. The van der Waals surface area contributed by atoms with Gasteiger partial charge < -0.3 is 4.74 Å². The number of benzene rings is 3. The van der Waals surface area contributed by atoms with Gasteiger partial charge in [-0.05, 0) is 60.2 Å². The second-order valence-electron chi connectivity index (χ2n) is 8.03. The Morgan fingerprint density at radius 2 is 1.41 bits per heavy atom. The largest absolute Gasteiger partial charge is 0.432 e. The summed E-state index contributed by atoms with van der Waals surface area (Å²) in [6, 6.07) is 5.54. The van der Waals surface area contributed by atoms with E-state index in [0.717, 1.165) is 62.1 Å². The predicted octanol–water partition coefficient (Wildman–Crippen LogP) is 8.92. The van der Waals surface area contributed by atoms with E-state index in [-0.39, 0.29) is 10.9 Å². The summed E-state index contributed by atoms with van der Waals surface area (Å²) in [6.07, 6.45) is -4.47. The molecule has 0 aliphatic carbocycles. The van der Waals surface area contributed by atoms with Crippen molar-refractivity contribution in [2.45, 2.75) is 57.7 Å². The molecule has 0 aliphatic rings. The summed E-state index contributed by atoms with van der Waals surface area (Å²) >= 11 is 0. The Hall–Kier alpha value is -2.84. The lowest BCUT2D eigenvalue weighted by Crippen LogP contribution is -2.25. The van der Waals surface area contributed by atoms with Gasteiger partial charge in [0.2, 0.25) is 0 Å². The van der Waals surface area contributed by atoms with E-state index in [2.05, 4.69) is 4.74 Å². The van der Waals surface area contributed by atoms with Crippen molar-refractivity contribution >= 4 is 10.8 Å². The summed E-state index contributed by atoms with van der Waals surface area (Å²) in [5, 5.41) is -0.621. The zero-order valence-corrected chi connectivity index (χ0v) is 18.2. The number of ether oxygens (including phenoxy) is 1. The Labute approximate surface area is 191 Å². The molecule has 0 saturated carbocycles. The fourth-order valence-electron chi connectivity index (χ4n) is 3.73. The minimum absolute atomic E-state index is 0.154. The van der Waals surface area contributed by atoms with E-state index in [1.165, 1.54) is 0 Å². The average Bonchev–Trinajstić information content (AvgIpc) is 2.71. The van der Waals surface area contributed by atoms with Crippen LogP contribution in [-0.4, -0.2) is 0 Å². The molecular weight excluding hydrogens is 468 g/mol. The quantitative estimate of drug-likeness (QED) is 0.215. The summed E-state index contributed by atoms with van der Waals surface area (Å²) < 4.78 is 115. The van der Waals surface area contributed by atoms with Gasteiger partial charge >= 0.3 is 12.3 Å². The molecule has 0 atom stereocenters. The van der Waals surface area contributed by atoms with Gasteiger partial charge in [0.15, 0.2) is 0 Å². The summed E-state index contributed by atoms with van der Waals surface area (Å²) in [6.45, 7) is 2.05. The molecule has 9 heteroatoms. The molecule has 3 aromatic carbocycles. The van der Waals surface area contributed by atoms with E-state index < -0.39 is 52.0 Å². The minimum atomic E-state index is -4.93. The van der Waals surface area contributed by atoms with Gasteiger partial charge in [-0.2, -0.15) is 22.0 Å². The normalized spacial score (nSPS) is 12.4. The van der Waals surface area contributed by atoms with Crippen molar-refractivity contribution in [3.05, 3.63) is 76.6 Å². The summed E-state index contributed by atoms with van der Waals surface area (Å²) in [4.78, 5) is 0. The van der Waals surface area contributed by atoms with Crippen molar-refractivity contribution in [3.63, 3.8) is 0 Å². The Kier molecular flexibility index (Phi) is 7.73. The molecule has 0 N–H and O–H groups in total. The Bertz CT molecular complexity index is 1130. The number of alkyl halides is 5. The van der Waals surface area contributed by atoms with Crippen molar-refractivity contribution < 1.29 is 39.9 Å². The molecule has 3 rings (SSSR count). The van der Waals surface area contributed by atoms with Gasteiger partial charge in [-0.3, -0.25) is 0 Å². The molecule has 0 radical (unpaired) electrons. The Morgan fingerprint density at radius 1 is 0.765 bits per heavy atom. The summed E-state index contributed by atoms with van der Waals surface area (Å²) in [5.74, 6) is -5.12. The van der Waals surface area contributed by atoms with Crippen LogP contribution in [0.1, 0.15) is 55.7 Å². The molecule has 0 unspecified atom stereocenters. The van der Waals surface area contributed by atoms with E-state index in [1.807, 2.05) is 6.92 Å². The highest BCUT2D eigenvalue weighted by molar-refractivity contribution is 5.85. The van der Waals surface area contributed by atoms with Gasteiger partial charge in [-0.1, -0.05) is 38.7 Å². The molecule has 0 bridgehead atoms. The zero-order chi connectivity index (χ0) is 25.1. The van der Waals surface area contributed by atoms with Crippen LogP contribution in [0.15, 0.2) is 42.5 Å². The number of fused-ring (bicyclic) bond motifs is 1. The first-order chi connectivity index (χ1) is 15.9. The van der Waals surface area contributed by atoms with Gasteiger partial charge in [0.1, 0.15) is 28.8 Å². The van der Waals surface area contributed by atoms with E-state index in [4.69, 9.17) is 0 Å². The first-order valence-electron chi connectivity index (χ1n) is 10.8. The summed E-state index contributed by atoms with van der Waals surface area (Å²) in [7, 11) is 0. The molecule has 184 valence electrons. The highest BCUT2D eigenvalue weighted by Crippen LogP contribution is 2.38. The smallest absolute Gasteiger partial charge is 0.429 e. The fraction of sp³-hybridized carbons (Fsp3) is 0.360. The molecule has 0 saturated heterocycles. The summed E-state index contributed by atoms with van der Waals surface area (Å²) in [5.41, 5.74) is -2.85. The molecular formula is C25H22F8O. The molecule has 0 fully saturated rings. The van der Waals surface area contributed by atoms with Crippen molar-refractivity contribution in [1.82, 2.24) is 0 Å². The molecule has 34 heavy (non-hydrogen) atoms. The van der Waals surface area contributed by atoms with Crippen LogP contribution in [-0.2, 0) is 18.7 Å². The monoisotopic (exact) mass is 490 g/mol. The number of unbranched alkanes of at least 4 members (excludes halogenated alkanes) is 4. The number of hydrogen-bond donors (Lipinski definition) is 0. The van der Waals surface area contributed by atoms with Crippen molar-refractivity contribution in [2.24, 2.45) is 0 Å². The first-order valence-corrected chi connectivity index (χ1v) is 10.8. The zero-order valence-electron chi connectivity index (χ0n) is 18.2. The number of hydrogen-bond acceptors (Lipinski definition) is 1. The number of rotatable bonds is 9. The second kappa shape index (κ2) is 10.2. The topological polar surface area (TPSA) is 9.23 Å². The maximum atomic E-state index is 14.7. The highest BCUT2D eigenvalue weighted by Gasteiger charge is 2.41. The van der Waals surface area contributed by atoms with Crippen molar-refractivity contribution in [2.75, 3.05) is 0 Å². The molecule has 0 amide bonds. The molecule has 3 aromatic rings. The third-order valence-electron chi connectivity index (χ3n) is 5.44. The van der Waals surface area contributed by atoms with Crippen LogP contribution >= 0.6 is 0 Å². The molecule has 0 heterocycles. The van der Waals surface area contributed by atoms with Crippen LogP contribution in [0.25, 0.3) is 10.8 Å². The van der Waals surface area contributed by atoms with E-state index in [9.17, 15) is 35.1 Å². The van der Waals surface area contributed by atoms with Gasteiger partial charge in [0, 0.05) is 5.39 Å². The number of aryl methyl sites for hydroxylation is 1. The van der Waals surface area contributed by atoms with Crippen LogP contribution < -0.4 is 4.74 Å². The third kappa shape index (κ3) is 5.80. The van der Waals surface area contributed by atoms with Gasteiger partial charge in [0.05, 0.1) is 5.56 Å². The van der Waals surface area contributed by atoms with Crippen LogP contribution in [0.4, 0.5) is 35.1 Å². The maximum absolute atomic E-state index is 14.7. The van der Waals surface area contributed by atoms with Gasteiger partial charge in [0.25, 0.3) is 0 Å². The lowest BCUT2D eigenvalue weighted by molar-refractivity contribution is -0.189. The van der Waals surface area contributed by atoms with Gasteiger partial charge in [-0.15, -0.1) is 0 Å². The van der Waals surface area contributed by atoms with Crippen LogP contribution in [0.5, 0.6) is 5.75 Å². The number of halogens is 8. The lowest BCUT2D eigenvalue weighted by Gasteiger charge is -2.20. The fourth-order valence-corrected chi connectivity index (χ4v) is 3.73. The first kappa shape index (κ1) is 25.8. The average molecular weight is 490 g/mol. The molecule has 0 spiro atoms. The maximum Gasteiger partial charge on any atom is 0.432 e. The molecule has 0 aliphatic heterocycles. The minimum Gasteiger partial charge on any atom is -0.429 e. The van der Waals surface area contributed by atoms with E-state index >= 15 is 0 Å². The predicted molar refractivity (Wildman–Crippen MR) is 112 cm³/mol. The Balaban J connectivity index is 1.82. The molecule has 0 aromatic heterocycles. The van der Waals surface area contributed by atoms with Crippen molar-refractivity contribution in [1.29, 1.82) is 0 Å². The van der Waals surface area contributed by atoms with Crippen LogP contribution in [0.3, 0.4) is 0 Å². The van der Waals surface area contributed by atoms with Gasteiger partial charge in [-0.25, -0.2) is 13.2 Å². The van der Waals surface area contributed by atoms with E-state index in [0.29, 0.717) is 18.9 Å². The SMILES string of the molecule is CCCCCCCc1cc(F)c(C(F)(F)Oc2ccc3c(F)c(C(F)(F)F)ccc3c2)c(F)c1. The Morgan fingerprint density at radius 3 is 2.03 bits per heavy atom.